The average Bonchev–Trinajstić information content (AvgIpc) is 2.34. The molecule has 0 bridgehead atoms. The molecular formula is C13H23N3O2S. The molecule has 0 radical (unpaired) electrons. The smallest absolute Gasteiger partial charge is 0.240 e. The number of hydrogen-bond acceptors (Lipinski definition) is 4. The Morgan fingerprint density at radius 3 is 2.42 bits per heavy atom. The number of nitrogens with zero attached hydrogens (tertiary/aromatic N) is 1. The van der Waals surface area contributed by atoms with Crippen LogP contribution in [-0.4, -0.2) is 21.5 Å². The lowest BCUT2D eigenvalue weighted by molar-refractivity contribution is 0.548. The summed E-state index contributed by atoms with van der Waals surface area (Å²) >= 11 is 0. The van der Waals surface area contributed by atoms with E-state index < -0.39 is 10.0 Å². The highest BCUT2D eigenvalue weighted by Crippen LogP contribution is 2.29. The Balaban J connectivity index is 3.19. The highest BCUT2D eigenvalue weighted by atomic mass is 32.2. The first-order valence-corrected chi connectivity index (χ1v) is 8.02. The Morgan fingerprint density at radius 2 is 1.95 bits per heavy atom. The minimum Gasteiger partial charge on any atom is -0.396 e. The molecule has 0 saturated heterocycles. The van der Waals surface area contributed by atoms with Crippen molar-refractivity contribution in [1.82, 2.24) is 0 Å². The predicted molar refractivity (Wildman–Crippen MR) is 79.6 cm³/mol. The molecule has 0 amide bonds. The average molecular weight is 285 g/mol. The molecule has 1 unspecified atom stereocenters. The predicted octanol–water partition coefficient (Wildman–Crippen LogP) is 1.79. The Morgan fingerprint density at radius 1 is 1.32 bits per heavy atom. The molecule has 0 aliphatic rings. The van der Waals surface area contributed by atoms with E-state index in [1.54, 1.807) is 6.07 Å². The van der Waals surface area contributed by atoms with Crippen molar-refractivity contribution in [1.29, 1.82) is 0 Å². The minimum absolute atomic E-state index is 0.00685. The van der Waals surface area contributed by atoms with Crippen LogP contribution in [0, 0.1) is 5.92 Å². The van der Waals surface area contributed by atoms with Crippen molar-refractivity contribution in [2.75, 3.05) is 23.7 Å². The number of anilines is 2. The first kappa shape index (κ1) is 15.8. The molecule has 0 aromatic heterocycles. The number of hydrogen-bond donors (Lipinski definition) is 2. The van der Waals surface area contributed by atoms with E-state index in [4.69, 9.17) is 10.9 Å². The topological polar surface area (TPSA) is 89.4 Å². The highest BCUT2D eigenvalue weighted by Gasteiger charge is 2.18. The van der Waals surface area contributed by atoms with Crippen molar-refractivity contribution in [2.45, 2.75) is 32.1 Å². The number of nitrogen functional groups attached to an aromatic ring is 1. The summed E-state index contributed by atoms with van der Waals surface area (Å²) in [5.41, 5.74) is 6.92. The first-order valence-electron chi connectivity index (χ1n) is 6.47. The zero-order valence-electron chi connectivity index (χ0n) is 11.8. The largest absolute Gasteiger partial charge is 0.396 e. The second-order valence-electron chi connectivity index (χ2n) is 4.79. The van der Waals surface area contributed by atoms with Crippen molar-refractivity contribution in [3.8, 4) is 0 Å². The summed E-state index contributed by atoms with van der Waals surface area (Å²) in [5, 5.41) is 5.17. The van der Waals surface area contributed by atoms with Gasteiger partial charge in [-0.05, 0) is 25.0 Å². The second kappa shape index (κ2) is 6.25. The fourth-order valence-electron chi connectivity index (χ4n) is 1.96. The molecule has 0 aliphatic carbocycles. The van der Waals surface area contributed by atoms with E-state index >= 15 is 0 Å². The number of primary sulfonamides is 1. The van der Waals surface area contributed by atoms with E-state index in [1.807, 2.05) is 13.0 Å². The van der Waals surface area contributed by atoms with Crippen LogP contribution in [0.15, 0.2) is 23.1 Å². The van der Waals surface area contributed by atoms with Crippen molar-refractivity contribution in [3.05, 3.63) is 18.2 Å². The van der Waals surface area contributed by atoms with Gasteiger partial charge in [0.1, 0.15) is 4.90 Å². The molecule has 0 fully saturated rings. The van der Waals surface area contributed by atoms with Crippen LogP contribution < -0.4 is 15.8 Å². The van der Waals surface area contributed by atoms with Gasteiger partial charge in [-0.15, -0.1) is 0 Å². The first-order chi connectivity index (χ1) is 8.81. The van der Waals surface area contributed by atoms with Gasteiger partial charge in [-0.1, -0.05) is 26.3 Å². The highest BCUT2D eigenvalue weighted by molar-refractivity contribution is 7.89. The summed E-state index contributed by atoms with van der Waals surface area (Å²) in [4.78, 5) is 2.07. The van der Waals surface area contributed by atoms with Crippen LogP contribution in [0.5, 0.6) is 0 Å². The van der Waals surface area contributed by atoms with Crippen LogP contribution >= 0.6 is 0 Å². The van der Waals surface area contributed by atoms with Gasteiger partial charge in [-0.3, -0.25) is 0 Å². The Labute approximate surface area is 115 Å². The van der Waals surface area contributed by atoms with Crippen molar-refractivity contribution >= 4 is 21.4 Å². The van der Waals surface area contributed by atoms with Gasteiger partial charge >= 0.3 is 0 Å². The molecule has 0 saturated carbocycles. The van der Waals surface area contributed by atoms with Crippen molar-refractivity contribution in [2.24, 2.45) is 11.1 Å². The summed E-state index contributed by atoms with van der Waals surface area (Å²) < 4.78 is 22.9. The van der Waals surface area contributed by atoms with Gasteiger partial charge in [-0.2, -0.15) is 0 Å². The van der Waals surface area contributed by atoms with E-state index in [2.05, 4.69) is 18.7 Å². The third-order valence-corrected chi connectivity index (χ3v) is 4.27. The zero-order valence-corrected chi connectivity index (χ0v) is 12.6. The van der Waals surface area contributed by atoms with E-state index in [-0.39, 0.29) is 10.6 Å². The molecule has 1 atom stereocenters. The summed E-state index contributed by atoms with van der Waals surface area (Å²) in [5.74, 6) is 0.512. The number of rotatable bonds is 6. The fourth-order valence-corrected chi connectivity index (χ4v) is 2.64. The molecule has 108 valence electrons. The monoisotopic (exact) mass is 285 g/mol. The molecule has 5 nitrogen and oxygen atoms in total. The van der Waals surface area contributed by atoms with Crippen LogP contribution in [0.2, 0.25) is 0 Å². The van der Waals surface area contributed by atoms with Crippen LogP contribution in [-0.2, 0) is 10.0 Å². The van der Waals surface area contributed by atoms with Crippen LogP contribution in [0.1, 0.15) is 27.2 Å². The van der Waals surface area contributed by atoms with E-state index in [0.29, 0.717) is 5.92 Å². The van der Waals surface area contributed by atoms with Gasteiger partial charge in [0.05, 0.1) is 11.4 Å². The summed E-state index contributed by atoms with van der Waals surface area (Å²) in [6.45, 7) is 7.91. The van der Waals surface area contributed by atoms with E-state index in [0.717, 1.165) is 25.2 Å². The zero-order chi connectivity index (χ0) is 14.6. The molecule has 4 N–H and O–H groups in total. The molecule has 1 aromatic rings. The van der Waals surface area contributed by atoms with Gasteiger partial charge in [0.25, 0.3) is 0 Å². The lowest BCUT2D eigenvalue weighted by Crippen LogP contribution is -2.29. The van der Waals surface area contributed by atoms with Crippen LogP contribution in [0.3, 0.4) is 0 Å². The van der Waals surface area contributed by atoms with Crippen LogP contribution in [0.4, 0.5) is 11.4 Å². The quantitative estimate of drug-likeness (QED) is 0.780. The molecule has 1 aromatic carbocycles. The SMILES string of the molecule is CCC(C)CN(CC)c1cccc(S(N)(=O)=O)c1N. The van der Waals surface area contributed by atoms with Gasteiger partial charge in [0.2, 0.25) is 10.0 Å². The molecule has 0 spiro atoms. The van der Waals surface area contributed by atoms with Gasteiger partial charge < -0.3 is 10.6 Å². The molecule has 1 rings (SSSR count). The van der Waals surface area contributed by atoms with E-state index in [1.165, 1.54) is 6.07 Å². The Kier molecular flexibility index (Phi) is 5.20. The van der Waals surface area contributed by atoms with Gasteiger partial charge in [0, 0.05) is 13.1 Å². The minimum atomic E-state index is -3.78. The molecule has 6 heteroatoms. The lowest BCUT2D eigenvalue weighted by atomic mass is 10.1. The van der Waals surface area contributed by atoms with Crippen molar-refractivity contribution in [3.63, 3.8) is 0 Å². The lowest BCUT2D eigenvalue weighted by Gasteiger charge is -2.28. The van der Waals surface area contributed by atoms with Gasteiger partial charge in [0.15, 0.2) is 0 Å². The fraction of sp³-hybridized carbons (Fsp3) is 0.538. The third kappa shape index (κ3) is 3.84. The van der Waals surface area contributed by atoms with Gasteiger partial charge in [-0.25, -0.2) is 13.6 Å². The summed E-state index contributed by atoms with van der Waals surface area (Å²) in [6.07, 6.45) is 1.06. The number of para-hydroxylation sites is 1. The Bertz CT molecular complexity index is 529. The number of nitrogens with two attached hydrogens (primary N) is 2. The third-order valence-electron chi connectivity index (χ3n) is 3.30. The van der Waals surface area contributed by atoms with Crippen LogP contribution in [0.25, 0.3) is 0 Å². The maximum Gasteiger partial charge on any atom is 0.240 e. The molecular weight excluding hydrogens is 262 g/mol. The Hall–Kier alpha value is -1.27. The second-order valence-corrected chi connectivity index (χ2v) is 6.32. The molecule has 0 aliphatic heterocycles. The summed E-state index contributed by atoms with van der Waals surface area (Å²) in [6, 6.07) is 4.94. The van der Waals surface area contributed by atoms with E-state index in [9.17, 15) is 8.42 Å². The number of benzene rings is 1. The molecule has 19 heavy (non-hydrogen) atoms. The maximum absolute atomic E-state index is 11.5. The normalized spacial score (nSPS) is 13.3. The standard InChI is InChI=1S/C13H23N3O2S/c1-4-10(3)9-16(5-2)11-7-6-8-12(13(11)14)19(15,17)18/h6-8,10H,4-5,9,14H2,1-3H3,(H2,15,17,18). The maximum atomic E-state index is 11.5. The van der Waals surface area contributed by atoms with Crippen molar-refractivity contribution < 1.29 is 8.42 Å². The summed E-state index contributed by atoms with van der Waals surface area (Å²) in [7, 11) is -3.78. The molecule has 0 heterocycles. The number of sulfonamides is 1.